The number of morpholine rings is 1. The van der Waals surface area contributed by atoms with Gasteiger partial charge in [0.05, 0.1) is 37.9 Å². The standard InChI is InChI=1S/C21H33N5O4/c27-13-17(14-28)24-19(29)21-4-2-18(25-8-10-30-11-9-25)12-16(21)3-7-26(15-21)20-22-5-1-6-23-20/h1,5-6,16-18,27-28H,2-4,7-15H2,(H,24,29)/t16-,18+,21-/m1/s1. The molecule has 2 aliphatic heterocycles. The number of rotatable bonds is 6. The van der Waals surface area contributed by atoms with Crippen molar-refractivity contribution in [1.82, 2.24) is 20.2 Å². The van der Waals surface area contributed by atoms with Crippen molar-refractivity contribution in [2.45, 2.75) is 37.8 Å². The third-order valence-corrected chi connectivity index (χ3v) is 7.11. The second-order valence-electron chi connectivity index (χ2n) is 8.72. The maximum Gasteiger partial charge on any atom is 0.228 e. The lowest BCUT2D eigenvalue weighted by atomic mass is 9.61. The van der Waals surface area contributed by atoms with Gasteiger partial charge < -0.3 is 25.2 Å². The molecule has 0 aromatic carbocycles. The number of nitrogens with zero attached hydrogens (tertiary/aromatic N) is 4. The molecule has 3 N–H and O–H groups in total. The predicted molar refractivity (Wildman–Crippen MR) is 111 cm³/mol. The van der Waals surface area contributed by atoms with Gasteiger partial charge in [0.25, 0.3) is 0 Å². The highest BCUT2D eigenvalue weighted by molar-refractivity contribution is 5.84. The number of aliphatic hydroxyl groups is 2. The lowest BCUT2D eigenvalue weighted by molar-refractivity contribution is -0.141. The zero-order chi connectivity index (χ0) is 21.0. The van der Waals surface area contributed by atoms with Crippen LogP contribution < -0.4 is 10.2 Å². The third kappa shape index (κ3) is 4.30. The molecule has 0 radical (unpaired) electrons. The van der Waals surface area contributed by atoms with Crippen LogP contribution in [0.25, 0.3) is 0 Å². The molecule has 166 valence electrons. The molecule has 4 rings (SSSR count). The van der Waals surface area contributed by atoms with E-state index in [0.29, 0.717) is 18.5 Å². The van der Waals surface area contributed by atoms with Crippen LogP contribution in [0.2, 0.25) is 0 Å². The predicted octanol–water partition coefficient (Wildman–Crippen LogP) is -0.357. The average molecular weight is 420 g/mol. The molecule has 1 aliphatic carbocycles. The number of aromatic nitrogens is 2. The van der Waals surface area contributed by atoms with E-state index in [0.717, 1.165) is 58.5 Å². The quantitative estimate of drug-likeness (QED) is 0.574. The van der Waals surface area contributed by atoms with E-state index >= 15 is 0 Å². The Bertz CT molecular complexity index is 698. The minimum Gasteiger partial charge on any atom is -0.394 e. The minimum atomic E-state index is -0.632. The van der Waals surface area contributed by atoms with Crippen molar-refractivity contribution in [2.75, 3.05) is 57.5 Å². The van der Waals surface area contributed by atoms with E-state index in [1.807, 2.05) is 0 Å². The Balaban J connectivity index is 1.55. The minimum absolute atomic E-state index is 0.0679. The fourth-order valence-electron chi connectivity index (χ4n) is 5.38. The van der Waals surface area contributed by atoms with Crippen LogP contribution in [0.4, 0.5) is 5.95 Å². The van der Waals surface area contributed by atoms with Crippen molar-refractivity contribution >= 4 is 11.9 Å². The van der Waals surface area contributed by atoms with Gasteiger partial charge in [0.15, 0.2) is 0 Å². The number of ether oxygens (including phenoxy) is 1. The maximum absolute atomic E-state index is 13.5. The molecule has 3 aliphatic rings. The van der Waals surface area contributed by atoms with Crippen molar-refractivity contribution in [2.24, 2.45) is 11.3 Å². The number of anilines is 1. The average Bonchev–Trinajstić information content (AvgIpc) is 2.82. The first kappa shape index (κ1) is 21.4. The summed E-state index contributed by atoms with van der Waals surface area (Å²) in [6.07, 6.45) is 7.07. The monoisotopic (exact) mass is 419 g/mol. The molecule has 1 amide bonds. The van der Waals surface area contributed by atoms with Crippen LogP contribution in [0.3, 0.4) is 0 Å². The number of hydrogen-bond donors (Lipinski definition) is 3. The Morgan fingerprint density at radius 3 is 2.63 bits per heavy atom. The summed E-state index contributed by atoms with van der Waals surface area (Å²) in [7, 11) is 0. The van der Waals surface area contributed by atoms with Gasteiger partial charge in [-0.25, -0.2) is 9.97 Å². The first-order chi connectivity index (χ1) is 14.7. The number of carbonyl (C=O) groups is 1. The smallest absolute Gasteiger partial charge is 0.228 e. The summed E-state index contributed by atoms with van der Waals surface area (Å²) in [6, 6.07) is 1.64. The van der Waals surface area contributed by atoms with Gasteiger partial charge >= 0.3 is 0 Å². The topological polar surface area (TPSA) is 111 Å². The molecular formula is C21H33N5O4. The third-order valence-electron chi connectivity index (χ3n) is 7.11. The summed E-state index contributed by atoms with van der Waals surface area (Å²) in [5.74, 6) is 0.832. The number of hydrogen-bond acceptors (Lipinski definition) is 8. The van der Waals surface area contributed by atoms with Crippen LogP contribution >= 0.6 is 0 Å². The molecule has 3 fully saturated rings. The first-order valence-electron chi connectivity index (χ1n) is 11.0. The summed E-state index contributed by atoms with van der Waals surface area (Å²) in [5.41, 5.74) is -0.567. The second-order valence-corrected chi connectivity index (χ2v) is 8.72. The number of fused-ring (bicyclic) bond motifs is 1. The van der Waals surface area contributed by atoms with Gasteiger partial charge in [-0.15, -0.1) is 0 Å². The lowest BCUT2D eigenvalue weighted by Gasteiger charge is -2.53. The van der Waals surface area contributed by atoms with Gasteiger partial charge in [-0.05, 0) is 37.7 Å². The Kier molecular flexibility index (Phi) is 6.82. The van der Waals surface area contributed by atoms with E-state index in [1.165, 1.54) is 0 Å². The van der Waals surface area contributed by atoms with Crippen LogP contribution in [0.5, 0.6) is 0 Å². The molecule has 1 aromatic heterocycles. The van der Waals surface area contributed by atoms with E-state index in [9.17, 15) is 15.0 Å². The van der Waals surface area contributed by atoms with E-state index in [4.69, 9.17) is 4.74 Å². The molecule has 3 atom stereocenters. The number of aliphatic hydroxyl groups excluding tert-OH is 2. The molecule has 0 bridgehead atoms. The van der Waals surface area contributed by atoms with Crippen LogP contribution in [0, 0.1) is 11.3 Å². The molecule has 0 spiro atoms. The first-order valence-corrected chi connectivity index (χ1v) is 11.0. The fourth-order valence-corrected chi connectivity index (χ4v) is 5.38. The molecule has 2 saturated heterocycles. The number of amides is 1. The Morgan fingerprint density at radius 1 is 1.20 bits per heavy atom. The lowest BCUT2D eigenvalue weighted by Crippen LogP contribution is -2.62. The van der Waals surface area contributed by atoms with Crippen molar-refractivity contribution in [3.63, 3.8) is 0 Å². The Morgan fingerprint density at radius 2 is 1.93 bits per heavy atom. The SMILES string of the molecule is O=C(NC(CO)CO)[C@@]12CC[C@H](N3CCOCC3)C[C@H]1CCN(c1ncccn1)C2. The van der Waals surface area contributed by atoms with Crippen molar-refractivity contribution in [3.8, 4) is 0 Å². The van der Waals surface area contributed by atoms with Crippen LogP contribution in [0.15, 0.2) is 18.5 Å². The van der Waals surface area contributed by atoms with Gasteiger partial charge in [-0.2, -0.15) is 0 Å². The van der Waals surface area contributed by atoms with E-state index in [2.05, 4.69) is 25.1 Å². The van der Waals surface area contributed by atoms with Crippen molar-refractivity contribution in [3.05, 3.63) is 18.5 Å². The van der Waals surface area contributed by atoms with Gasteiger partial charge in [0.2, 0.25) is 11.9 Å². The highest BCUT2D eigenvalue weighted by atomic mass is 16.5. The number of carbonyl (C=O) groups excluding carboxylic acids is 1. The summed E-state index contributed by atoms with van der Waals surface area (Å²) in [5, 5.41) is 21.9. The van der Waals surface area contributed by atoms with Crippen LogP contribution in [0.1, 0.15) is 25.7 Å². The molecular weight excluding hydrogens is 386 g/mol. The van der Waals surface area contributed by atoms with Gasteiger partial charge in [0.1, 0.15) is 0 Å². The summed E-state index contributed by atoms with van der Waals surface area (Å²) in [6.45, 7) is 4.31. The molecule has 9 heteroatoms. The molecule has 1 saturated carbocycles. The van der Waals surface area contributed by atoms with Gasteiger partial charge in [0, 0.05) is 44.6 Å². The zero-order valence-corrected chi connectivity index (χ0v) is 17.4. The summed E-state index contributed by atoms with van der Waals surface area (Å²) < 4.78 is 5.51. The number of piperidine rings is 1. The van der Waals surface area contributed by atoms with Gasteiger partial charge in [-0.3, -0.25) is 9.69 Å². The largest absolute Gasteiger partial charge is 0.394 e. The summed E-state index contributed by atoms with van der Waals surface area (Å²) in [4.78, 5) is 26.9. The van der Waals surface area contributed by atoms with Crippen LogP contribution in [-0.4, -0.2) is 95.7 Å². The number of nitrogens with one attached hydrogen (secondary N) is 1. The maximum atomic E-state index is 13.5. The van der Waals surface area contributed by atoms with Crippen molar-refractivity contribution < 1.29 is 19.7 Å². The van der Waals surface area contributed by atoms with E-state index in [-0.39, 0.29) is 25.0 Å². The Labute approximate surface area is 177 Å². The van der Waals surface area contributed by atoms with E-state index < -0.39 is 11.5 Å². The summed E-state index contributed by atoms with van der Waals surface area (Å²) >= 11 is 0. The second kappa shape index (κ2) is 9.55. The zero-order valence-electron chi connectivity index (χ0n) is 17.4. The van der Waals surface area contributed by atoms with Crippen LogP contribution in [-0.2, 0) is 9.53 Å². The highest BCUT2D eigenvalue weighted by Crippen LogP contribution is 2.48. The molecule has 9 nitrogen and oxygen atoms in total. The van der Waals surface area contributed by atoms with Gasteiger partial charge in [-0.1, -0.05) is 0 Å². The Hall–Kier alpha value is -1.81. The molecule has 0 unspecified atom stereocenters. The molecule has 30 heavy (non-hydrogen) atoms. The van der Waals surface area contributed by atoms with Crippen molar-refractivity contribution in [1.29, 1.82) is 0 Å². The highest BCUT2D eigenvalue weighted by Gasteiger charge is 2.53. The molecule has 1 aromatic rings. The molecule has 3 heterocycles. The normalized spacial score (nSPS) is 30.2. The fraction of sp³-hybridized carbons (Fsp3) is 0.762. The van der Waals surface area contributed by atoms with E-state index in [1.54, 1.807) is 18.5 Å².